The molecule has 0 atom stereocenters. The Bertz CT molecular complexity index is 647. The molecule has 0 fully saturated rings. The molecule has 3 heteroatoms. The molecular formula is C18H20FNO. The van der Waals surface area contributed by atoms with Crippen molar-refractivity contribution in [3.63, 3.8) is 0 Å². The van der Waals surface area contributed by atoms with E-state index in [-0.39, 0.29) is 11.3 Å². The predicted molar refractivity (Wildman–Crippen MR) is 84.0 cm³/mol. The molecule has 0 aliphatic carbocycles. The van der Waals surface area contributed by atoms with Crippen LogP contribution in [0.2, 0.25) is 0 Å². The lowest BCUT2D eigenvalue weighted by Gasteiger charge is -2.08. The minimum absolute atomic E-state index is 0.0359. The van der Waals surface area contributed by atoms with Gasteiger partial charge in [0.05, 0.1) is 5.56 Å². The van der Waals surface area contributed by atoms with Crippen LogP contribution in [0.25, 0.3) is 0 Å². The van der Waals surface area contributed by atoms with Crippen LogP contribution >= 0.6 is 0 Å². The first-order valence-corrected chi connectivity index (χ1v) is 7.22. The molecule has 2 aromatic carbocycles. The van der Waals surface area contributed by atoms with Crippen LogP contribution < -0.4 is 5.73 Å². The van der Waals surface area contributed by atoms with E-state index in [0.29, 0.717) is 16.8 Å². The summed E-state index contributed by atoms with van der Waals surface area (Å²) >= 11 is 0. The number of ketones is 1. The molecule has 0 bridgehead atoms. The molecule has 21 heavy (non-hydrogen) atoms. The summed E-state index contributed by atoms with van der Waals surface area (Å²) in [6.07, 6.45) is 3.25. The quantitative estimate of drug-likeness (QED) is 0.658. The number of aryl methyl sites for hydroxylation is 2. The van der Waals surface area contributed by atoms with Crippen LogP contribution in [0.3, 0.4) is 0 Å². The van der Waals surface area contributed by atoms with Gasteiger partial charge in [0.15, 0.2) is 5.78 Å². The third kappa shape index (κ3) is 3.48. The van der Waals surface area contributed by atoms with Gasteiger partial charge in [-0.15, -0.1) is 0 Å². The van der Waals surface area contributed by atoms with Gasteiger partial charge in [0.25, 0.3) is 0 Å². The molecule has 0 heterocycles. The Balaban J connectivity index is 2.28. The van der Waals surface area contributed by atoms with Gasteiger partial charge >= 0.3 is 0 Å². The molecule has 0 unspecified atom stereocenters. The van der Waals surface area contributed by atoms with E-state index in [0.717, 1.165) is 19.3 Å². The van der Waals surface area contributed by atoms with E-state index in [9.17, 15) is 9.18 Å². The number of nitrogen functional groups attached to an aromatic ring is 1. The van der Waals surface area contributed by atoms with Gasteiger partial charge in [-0.2, -0.15) is 0 Å². The third-order valence-electron chi connectivity index (χ3n) is 3.56. The van der Waals surface area contributed by atoms with Crippen molar-refractivity contribution in [2.24, 2.45) is 0 Å². The highest BCUT2D eigenvalue weighted by Crippen LogP contribution is 2.20. The summed E-state index contributed by atoms with van der Waals surface area (Å²) in [6.45, 7) is 3.75. The molecule has 110 valence electrons. The standard InChI is InChI=1S/C18H20FNO/c1-3-4-5-13-6-8-14(9-7-13)18(21)16-11-15(20)10-12(2)17(16)19/h6-11H,3-5,20H2,1-2H3. The lowest BCUT2D eigenvalue weighted by molar-refractivity contribution is 0.103. The molecule has 0 saturated carbocycles. The number of carbonyl (C=O) groups excluding carboxylic acids is 1. The van der Waals surface area contributed by atoms with Gasteiger partial charge in [0.2, 0.25) is 0 Å². The summed E-state index contributed by atoms with van der Waals surface area (Å²) in [6, 6.07) is 10.3. The van der Waals surface area contributed by atoms with Crippen molar-refractivity contribution in [1.29, 1.82) is 0 Å². The van der Waals surface area contributed by atoms with E-state index in [1.165, 1.54) is 17.7 Å². The number of rotatable bonds is 5. The Kier molecular flexibility index (Phi) is 4.73. The number of hydrogen-bond acceptors (Lipinski definition) is 2. The molecule has 2 nitrogen and oxygen atoms in total. The van der Waals surface area contributed by atoms with Crippen LogP contribution in [0.4, 0.5) is 10.1 Å². The van der Waals surface area contributed by atoms with Gasteiger partial charge in [-0.25, -0.2) is 4.39 Å². The first kappa shape index (κ1) is 15.2. The second-order valence-corrected chi connectivity index (χ2v) is 5.33. The van der Waals surface area contributed by atoms with E-state index in [4.69, 9.17) is 5.73 Å². The number of unbranched alkanes of at least 4 members (excludes halogenated alkanes) is 1. The second-order valence-electron chi connectivity index (χ2n) is 5.33. The molecule has 0 amide bonds. The van der Waals surface area contributed by atoms with Gasteiger partial charge in [-0.3, -0.25) is 4.79 Å². The monoisotopic (exact) mass is 285 g/mol. The molecular weight excluding hydrogens is 265 g/mol. The number of nitrogens with two attached hydrogens (primary N) is 1. The van der Waals surface area contributed by atoms with Crippen LogP contribution in [-0.4, -0.2) is 5.78 Å². The fraction of sp³-hybridized carbons (Fsp3) is 0.278. The molecule has 2 rings (SSSR count). The van der Waals surface area contributed by atoms with Crippen LogP contribution in [0, 0.1) is 12.7 Å². The van der Waals surface area contributed by atoms with E-state index in [1.807, 2.05) is 12.1 Å². The van der Waals surface area contributed by atoms with Crippen molar-refractivity contribution >= 4 is 11.5 Å². The average molecular weight is 285 g/mol. The van der Waals surface area contributed by atoms with Crippen molar-refractivity contribution in [2.75, 3.05) is 5.73 Å². The van der Waals surface area contributed by atoms with Crippen molar-refractivity contribution in [2.45, 2.75) is 33.1 Å². The van der Waals surface area contributed by atoms with Gasteiger partial charge in [-0.1, -0.05) is 37.6 Å². The maximum atomic E-state index is 14.1. The zero-order valence-corrected chi connectivity index (χ0v) is 12.4. The Morgan fingerprint density at radius 3 is 2.48 bits per heavy atom. The third-order valence-corrected chi connectivity index (χ3v) is 3.56. The zero-order chi connectivity index (χ0) is 15.4. The Morgan fingerprint density at radius 2 is 1.86 bits per heavy atom. The summed E-state index contributed by atoms with van der Waals surface area (Å²) in [7, 11) is 0. The largest absolute Gasteiger partial charge is 0.399 e. The SMILES string of the molecule is CCCCc1ccc(C(=O)c2cc(N)cc(C)c2F)cc1. The maximum absolute atomic E-state index is 14.1. The number of anilines is 1. The van der Waals surface area contributed by atoms with Crippen molar-refractivity contribution < 1.29 is 9.18 Å². The number of hydrogen-bond donors (Lipinski definition) is 1. The Hall–Kier alpha value is -2.16. The summed E-state index contributed by atoms with van der Waals surface area (Å²) in [5.41, 5.74) is 8.20. The van der Waals surface area contributed by atoms with E-state index >= 15 is 0 Å². The molecule has 0 radical (unpaired) electrons. The van der Waals surface area contributed by atoms with Gasteiger partial charge in [0.1, 0.15) is 5.82 Å². The lowest BCUT2D eigenvalue weighted by Crippen LogP contribution is -2.07. The predicted octanol–water partition coefficient (Wildman–Crippen LogP) is 4.29. The minimum atomic E-state index is -0.496. The van der Waals surface area contributed by atoms with Crippen LogP contribution in [0.5, 0.6) is 0 Å². The molecule has 0 aromatic heterocycles. The fourth-order valence-corrected chi connectivity index (χ4v) is 2.32. The van der Waals surface area contributed by atoms with Gasteiger partial charge < -0.3 is 5.73 Å². The fourth-order valence-electron chi connectivity index (χ4n) is 2.32. The summed E-state index contributed by atoms with van der Waals surface area (Å²) < 4.78 is 14.1. The normalized spacial score (nSPS) is 10.6. The average Bonchev–Trinajstić information content (AvgIpc) is 2.48. The zero-order valence-electron chi connectivity index (χ0n) is 12.4. The maximum Gasteiger partial charge on any atom is 0.196 e. The van der Waals surface area contributed by atoms with E-state index in [2.05, 4.69) is 6.92 Å². The molecule has 2 aromatic rings. The number of halogens is 1. The summed E-state index contributed by atoms with van der Waals surface area (Å²) in [5.74, 6) is -0.825. The molecule has 2 N–H and O–H groups in total. The van der Waals surface area contributed by atoms with Crippen molar-refractivity contribution in [3.05, 3.63) is 64.5 Å². The molecule has 0 spiro atoms. The van der Waals surface area contributed by atoms with Crippen LogP contribution in [0.15, 0.2) is 36.4 Å². The molecule has 0 saturated heterocycles. The van der Waals surface area contributed by atoms with Gasteiger partial charge in [0, 0.05) is 11.3 Å². The van der Waals surface area contributed by atoms with Crippen molar-refractivity contribution in [3.8, 4) is 0 Å². The minimum Gasteiger partial charge on any atom is -0.399 e. The Morgan fingerprint density at radius 1 is 1.19 bits per heavy atom. The highest BCUT2D eigenvalue weighted by molar-refractivity contribution is 6.09. The van der Waals surface area contributed by atoms with Crippen LogP contribution in [-0.2, 0) is 6.42 Å². The molecule has 0 aliphatic heterocycles. The van der Waals surface area contributed by atoms with Crippen LogP contribution in [0.1, 0.15) is 46.8 Å². The number of benzene rings is 2. The highest BCUT2D eigenvalue weighted by atomic mass is 19.1. The van der Waals surface area contributed by atoms with Gasteiger partial charge in [-0.05, 0) is 43.0 Å². The smallest absolute Gasteiger partial charge is 0.196 e. The van der Waals surface area contributed by atoms with E-state index in [1.54, 1.807) is 19.1 Å². The first-order valence-electron chi connectivity index (χ1n) is 7.22. The second kappa shape index (κ2) is 6.53. The first-order chi connectivity index (χ1) is 10.0. The van der Waals surface area contributed by atoms with E-state index < -0.39 is 5.82 Å². The molecule has 0 aliphatic rings. The van der Waals surface area contributed by atoms with Crippen molar-refractivity contribution in [1.82, 2.24) is 0 Å². The Labute approximate surface area is 124 Å². The summed E-state index contributed by atoms with van der Waals surface area (Å²) in [5, 5.41) is 0. The summed E-state index contributed by atoms with van der Waals surface area (Å²) in [4.78, 5) is 12.4. The number of carbonyl (C=O) groups is 1. The lowest BCUT2D eigenvalue weighted by atomic mass is 9.98. The highest BCUT2D eigenvalue weighted by Gasteiger charge is 2.16. The topological polar surface area (TPSA) is 43.1 Å².